The lowest BCUT2D eigenvalue weighted by molar-refractivity contribution is 0.0696. The monoisotopic (exact) mass is 320 g/mol. The Kier molecular flexibility index (Phi) is 6.56. The van der Waals surface area contributed by atoms with Gasteiger partial charge in [-0.1, -0.05) is 24.3 Å². The fourth-order valence-corrected chi connectivity index (χ4v) is 1.84. The molecular weight excluding hydrogens is 304 g/mol. The Morgan fingerprint density at radius 3 is 1.91 bits per heavy atom. The number of carbonyl (C=O) groups excluding carboxylic acids is 1. The summed E-state index contributed by atoms with van der Waals surface area (Å²) in [5.41, 5.74) is 8.10. The van der Waals surface area contributed by atoms with E-state index in [-0.39, 0.29) is 23.9 Å². The van der Waals surface area contributed by atoms with Crippen LogP contribution in [0.3, 0.4) is 0 Å². The molecule has 4 N–H and O–H groups in total. The normalized spacial score (nSPS) is 9.68. The molecule has 0 aliphatic rings. The number of benzene rings is 2. The van der Waals surface area contributed by atoms with Crippen LogP contribution in [0.25, 0.3) is 0 Å². The fraction of sp³-hybridized carbons (Fsp3) is 0.125. The number of hydrogen-bond donors (Lipinski definition) is 3. The van der Waals surface area contributed by atoms with Crippen molar-refractivity contribution in [1.82, 2.24) is 5.32 Å². The van der Waals surface area contributed by atoms with Gasteiger partial charge in [-0.25, -0.2) is 4.79 Å². The summed E-state index contributed by atoms with van der Waals surface area (Å²) in [4.78, 5) is 22.7. The van der Waals surface area contributed by atoms with Crippen LogP contribution in [0.5, 0.6) is 0 Å². The van der Waals surface area contributed by atoms with E-state index >= 15 is 0 Å². The molecule has 0 spiro atoms. The molecule has 0 saturated heterocycles. The van der Waals surface area contributed by atoms with Crippen molar-refractivity contribution in [1.29, 1.82) is 0 Å². The largest absolute Gasteiger partial charge is 0.478 e. The summed E-state index contributed by atoms with van der Waals surface area (Å²) in [5.74, 6) is -1.15. The van der Waals surface area contributed by atoms with Gasteiger partial charge in [0.15, 0.2) is 0 Å². The maximum absolute atomic E-state index is 12.0. The molecular formula is C16H17ClN2O3. The number of hydrogen-bond acceptors (Lipinski definition) is 3. The van der Waals surface area contributed by atoms with Gasteiger partial charge in [0.1, 0.15) is 0 Å². The molecule has 0 radical (unpaired) electrons. The number of carbonyl (C=O) groups is 2. The van der Waals surface area contributed by atoms with Gasteiger partial charge in [0.05, 0.1) is 5.56 Å². The lowest BCUT2D eigenvalue weighted by atomic mass is 10.1. The van der Waals surface area contributed by atoms with Crippen LogP contribution >= 0.6 is 12.4 Å². The van der Waals surface area contributed by atoms with Gasteiger partial charge in [-0.3, -0.25) is 4.79 Å². The first kappa shape index (κ1) is 17.7. The van der Waals surface area contributed by atoms with E-state index < -0.39 is 5.97 Å². The topological polar surface area (TPSA) is 92.4 Å². The van der Waals surface area contributed by atoms with E-state index in [1.807, 2.05) is 12.1 Å². The summed E-state index contributed by atoms with van der Waals surface area (Å²) in [6, 6.07) is 13.5. The van der Waals surface area contributed by atoms with Gasteiger partial charge in [-0.05, 0) is 35.4 Å². The van der Waals surface area contributed by atoms with Crippen LogP contribution < -0.4 is 11.1 Å². The molecule has 0 unspecified atom stereocenters. The molecule has 1 amide bonds. The number of amides is 1. The highest BCUT2D eigenvalue weighted by Crippen LogP contribution is 2.06. The van der Waals surface area contributed by atoms with Gasteiger partial charge in [0, 0.05) is 18.7 Å². The highest BCUT2D eigenvalue weighted by atomic mass is 35.5. The molecule has 0 fully saturated rings. The van der Waals surface area contributed by atoms with Crippen LogP contribution in [0.15, 0.2) is 48.5 Å². The van der Waals surface area contributed by atoms with Crippen molar-refractivity contribution in [3.63, 3.8) is 0 Å². The standard InChI is InChI=1S/C16H16N2O3.ClH/c17-9-11-1-5-13(6-2-11)15(19)18-10-12-3-7-14(8-4-12)16(20)21;/h1-8H,9-10,17H2,(H,18,19)(H,20,21);1H. The SMILES string of the molecule is Cl.NCc1ccc(C(=O)NCc2ccc(C(=O)O)cc2)cc1. The van der Waals surface area contributed by atoms with Crippen molar-refractivity contribution < 1.29 is 14.7 Å². The average molecular weight is 321 g/mol. The van der Waals surface area contributed by atoms with E-state index in [1.54, 1.807) is 24.3 Å². The molecule has 0 aliphatic carbocycles. The van der Waals surface area contributed by atoms with Crippen molar-refractivity contribution in [3.05, 3.63) is 70.8 Å². The zero-order valence-electron chi connectivity index (χ0n) is 11.8. The first-order valence-corrected chi connectivity index (χ1v) is 6.49. The minimum atomic E-state index is -0.967. The van der Waals surface area contributed by atoms with Gasteiger partial charge in [-0.15, -0.1) is 12.4 Å². The molecule has 0 aromatic heterocycles. The number of carboxylic acids is 1. The van der Waals surface area contributed by atoms with E-state index in [4.69, 9.17) is 10.8 Å². The van der Waals surface area contributed by atoms with Crippen LogP contribution in [0.2, 0.25) is 0 Å². The van der Waals surface area contributed by atoms with Crippen molar-refractivity contribution in [2.24, 2.45) is 5.73 Å². The predicted octanol–water partition coefficient (Wildman–Crippen LogP) is 2.20. The zero-order valence-corrected chi connectivity index (χ0v) is 12.6. The second kappa shape index (κ2) is 8.17. The summed E-state index contributed by atoms with van der Waals surface area (Å²) >= 11 is 0. The summed E-state index contributed by atoms with van der Waals surface area (Å²) in [5, 5.41) is 11.6. The molecule has 6 heteroatoms. The number of rotatable bonds is 5. The lowest BCUT2D eigenvalue weighted by Gasteiger charge is -2.06. The maximum atomic E-state index is 12.0. The van der Waals surface area contributed by atoms with Crippen LogP contribution in [-0.2, 0) is 13.1 Å². The minimum absolute atomic E-state index is 0. The average Bonchev–Trinajstić information content (AvgIpc) is 2.53. The fourth-order valence-electron chi connectivity index (χ4n) is 1.84. The molecule has 22 heavy (non-hydrogen) atoms. The maximum Gasteiger partial charge on any atom is 0.335 e. The molecule has 0 atom stereocenters. The van der Waals surface area contributed by atoms with Crippen LogP contribution in [0, 0.1) is 0 Å². The van der Waals surface area contributed by atoms with E-state index in [0.717, 1.165) is 11.1 Å². The number of nitrogens with one attached hydrogen (secondary N) is 1. The summed E-state index contributed by atoms with van der Waals surface area (Å²) in [6.07, 6.45) is 0. The van der Waals surface area contributed by atoms with Crippen LogP contribution in [0.4, 0.5) is 0 Å². The van der Waals surface area contributed by atoms with Gasteiger partial charge in [-0.2, -0.15) is 0 Å². The minimum Gasteiger partial charge on any atom is -0.478 e. The van der Waals surface area contributed by atoms with Crippen molar-refractivity contribution >= 4 is 24.3 Å². The Bertz CT molecular complexity index is 639. The first-order valence-electron chi connectivity index (χ1n) is 6.49. The number of halogens is 1. The first-order chi connectivity index (χ1) is 10.1. The Morgan fingerprint density at radius 2 is 1.41 bits per heavy atom. The van der Waals surface area contributed by atoms with Crippen LogP contribution in [0.1, 0.15) is 31.8 Å². The van der Waals surface area contributed by atoms with Crippen molar-refractivity contribution in [3.8, 4) is 0 Å². The van der Waals surface area contributed by atoms with Gasteiger partial charge < -0.3 is 16.2 Å². The molecule has 0 saturated carbocycles. The Hall–Kier alpha value is -2.37. The second-order valence-corrected chi connectivity index (χ2v) is 4.59. The Morgan fingerprint density at radius 1 is 0.909 bits per heavy atom. The number of nitrogens with two attached hydrogens (primary N) is 1. The molecule has 2 aromatic rings. The predicted molar refractivity (Wildman–Crippen MR) is 86.2 cm³/mol. The smallest absolute Gasteiger partial charge is 0.335 e. The quantitative estimate of drug-likeness (QED) is 0.787. The molecule has 0 bridgehead atoms. The van der Waals surface area contributed by atoms with Gasteiger partial charge in [0.2, 0.25) is 0 Å². The highest BCUT2D eigenvalue weighted by Gasteiger charge is 2.06. The van der Waals surface area contributed by atoms with Gasteiger partial charge in [0.25, 0.3) is 5.91 Å². The van der Waals surface area contributed by atoms with Gasteiger partial charge >= 0.3 is 5.97 Å². The summed E-state index contributed by atoms with van der Waals surface area (Å²) in [6.45, 7) is 0.787. The highest BCUT2D eigenvalue weighted by molar-refractivity contribution is 5.94. The third kappa shape index (κ3) is 4.58. The van der Waals surface area contributed by atoms with Crippen molar-refractivity contribution in [2.75, 3.05) is 0 Å². The molecule has 116 valence electrons. The Labute approximate surface area is 134 Å². The second-order valence-electron chi connectivity index (χ2n) is 4.59. The van der Waals surface area contributed by atoms with E-state index in [0.29, 0.717) is 18.7 Å². The van der Waals surface area contributed by atoms with Crippen LogP contribution in [-0.4, -0.2) is 17.0 Å². The molecule has 0 heterocycles. The molecule has 0 aliphatic heterocycles. The molecule has 2 rings (SSSR count). The zero-order chi connectivity index (χ0) is 15.2. The lowest BCUT2D eigenvalue weighted by Crippen LogP contribution is -2.22. The third-order valence-electron chi connectivity index (χ3n) is 3.11. The summed E-state index contributed by atoms with van der Waals surface area (Å²) < 4.78 is 0. The summed E-state index contributed by atoms with van der Waals surface area (Å²) in [7, 11) is 0. The third-order valence-corrected chi connectivity index (χ3v) is 3.11. The van der Waals surface area contributed by atoms with Crippen molar-refractivity contribution in [2.45, 2.75) is 13.1 Å². The Balaban J connectivity index is 0.00000242. The molecule has 5 nitrogen and oxygen atoms in total. The van der Waals surface area contributed by atoms with E-state index in [2.05, 4.69) is 5.32 Å². The number of carboxylic acid groups (broad SMARTS) is 1. The molecule has 2 aromatic carbocycles. The van der Waals surface area contributed by atoms with E-state index in [9.17, 15) is 9.59 Å². The number of aromatic carboxylic acids is 1. The van der Waals surface area contributed by atoms with E-state index in [1.165, 1.54) is 12.1 Å².